The number of ether oxygens (including phenoxy) is 2. The van der Waals surface area contributed by atoms with Crippen molar-refractivity contribution in [1.82, 2.24) is 15.3 Å². The fraction of sp³-hybridized carbons (Fsp3) is 0.294. The summed E-state index contributed by atoms with van der Waals surface area (Å²) in [6.45, 7) is 0.131. The molecule has 2 aromatic heterocycles. The van der Waals surface area contributed by atoms with E-state index in [0.717, 1.165) is 30.5 Å². The van der Waals surface area contributed by atoms with Gasteiger partial charge in [0.2, 0.25) is 11.5 Å². The summed E-state index contributed by atoms with van der Waals surface area (Å²) in [7, 11) is 0. The largest absolute Gasteiger partial charge is 0.491 e. The summed E-state index contributed by atoms with van der Waals surface area (Å²) in [6.07, 6.45) is -8.62. The molecule has 1 atom stereocenters. The van der Waals surface area contributed by atoms with E-state index in [0.29, 0.717) is 12.8 Å². The first-order chi connectivity index (χ1) is 23.5. The zero-order chi connectivity index (χ0) is 36.4. The molecule has 0 bridgehead atoms. The van der Waals surface area contributed by atoms with Crippen LogP contribution in [0.3, 0.4) is 0 Å². The Kier molecular flexibility index (Phi) is 10.0. The van der Waals surface area contributed by atoms with Crippen molar-refractivity contribution in [2.24, 2.45) is 5.73 Å². The third kappa shape index (κ3) is 7.96. The summed E-state index contributed by atoms with van der Waals surface area (Å²) in [5, 5.41) is 13.3. The highest BCUT2D eigenvalue weighted by molar-refractivity contribution is 5.95. The average molecular weight is 707 g/mol. The summed E-state index contributed by atoms with van der Waals surface area (Å²) in [5.41, 5.74) is -0.548. The van der Waals surface area contributed by atoms with Crippen LogP contribution in [-0.4, -0.2) is 52.3 Å². The van der Waals surface area contributed by atoms with Crippen LogP contribution < -0.4 is 20.5 Å². The highest BCUT2D eigenvalue weighted by Gasteiger charge is 2.57. The lowest BCUT2D eigenvalue weighted by Crippen LogP contribution is -2.51. The number of aromatic nitrogens is 2. The number of pyridine rings is 2. The van der Waals surface area contributed by atoms with Crippen molar-refractivity contribution in [3.8, 4) is 33.9 Å². The third-order valence-corrected chi connectivity index (χ3v) is 7.65. The van der Waals surface area contributed by atoms with E-state index in [1.165, 1.54) is 36.4 Å². The number of hydrogen-bond acceptors (Lipinski definition) is 7. The van der Waals surface area contributed by atoms with E-state index in [4.69, 9.17) is 15.2 Å². The topological polar surface area (TPSA) is 137 Å². The Morgan fingerprint density at radius 1 is 0.960 bits per heavy atom. The van der Waals surface area contributed by atoms with Crippen molar-refractivity contribution in [3.63, 3.8) is 0 Å². The molecule has 4 N–H and O–H groups in total. The van der Waals surface area contributed by atoms with Crippen LogP contribution in [0.1, 0.15) is 47.1 Å². The Bertz CT molecular complexity index is 1880. The molecule has 0 unspecified atom stereocenters. The molecule has 4 aromatic rings. The van der Waals surface area contributed by atoms with Gasteiger partial charge >= 0.3 is 12.4 Å². The minimum Gasteiger partial charge on any atom is -0.491 e. The van der Waals surface area contributed by atoms with Crippen LogP contribution in [0.4, 0.5) is 30.7 Å². The molecule has 264 valence electrons. The zero-order valence-corrected chi connectivity index (χ0v) is 26.2. The number of carbonyl (C=O) groups is 2. The second kappa shape index (κ2) is 13.9. The normalized spacial score (nSPS) is 14.5. The molecule has 0 saturated heterocycles. The second-order valence-corrected chi connectivity index (χ2v) is 11.4. The van der Waals surface area contributed by atoms with Crippen LogP contribution in [0.15, 0.2) is 66.9 Å². The highest BCUT2D eigenvalue weighted by atomic mass is 19.4. The average Bonchev–Trinajstić information content (AvgIpc) is 3.87. The molecular formula is C34H29F7N4O5. The minimum absolute atomic E-state index is 0.00119. The van der Waals surface area contributed by atoms with E-state index >= 15 is 0 Å². The molecule has 1 aliphatic carbocycles. The van der Waals surface area contributed by atoms with Gasteiger partial charge in [-0.2, -0.15) is 26.3 Å². The summed E-state index contributed by atoms with van der Waals surface area (Å²) in [6, 6.07) is 11.1. The third-order valence-electron chi connectivity index (χ3n) is 7.65. The molecule has 9 nitrogen and oxygen atoms in total. The quantitative estimate of drug-likeness (QED) is 0.151. The van der Waals surface area contributed by atoms with Crippen molar-refractivity contribution in [1.29, 1.82) is 0 Å². The van der Waals surface area contributed by atoms with Crippen molar-refractivity contribution in [2.45, 2.75) is 50.2 Å². The second-order valence-electron chi connectivity index (χ2n) is 11.4. The minimum atomic E-state index is -5.44. The van der Waals surface area contributed by atoms with Gasteiger partial charge in [0, 0.05) is 34.0 Å². The molecule has 0 radical (unpaired) electrons. The van der Waals surface area contributed by atoms with Gasteiger partial charge in [0.05, 0.1) is 31.4 Å². The fourth-order valence-electron chi connectivity index (χ4n) is 4.96. The predicted octanol–water partition coefficient (Wildman–Crippen LogP) is 6.12. The number of nitrogens with one attached hydrogen (secondary N) is 1. The van der Waals surface area contributed by atoms with Gasteiger partial charge in [0.1, 0.15) is 28.7 Å². The van der Waals surface area contributed by atoms with E-state index in [2.05, 4.69) is 15.3 Å². The summed E-state index contributed by atoms with van der Waals surface area (Å²) in [5.74, 6) is -2.67. The van der Waals surface area contributed by atoms with E-state index < -0.39 is 59.9 Å². The molecule has 5 rings (SSSR count). The van der Waals surface area contributed by atoms with Gasteiger partial charge in [0.25, 0.3) is 5.91 Å². The maximum absolute atomic E-state index is 14.7. The summed E-state index contributed by atoms with van der Waals surface area (Å²) < 4.78 is 108. The standard InChI is InChI=1S/C34H29F7N4O5/c1-2-49-30-21(15-28(42)46)14-27(45-29(30)18-3-7-22(35)8-4-18)32(48,34(39,40)41)17-44-31(47)19-5-11-24(25(13-19)50-23-9-10-23)20-6-12-26(43-16-20)33(36,37)38/h3-8,11-14,16,23,48H,2,9-10,15,17H2,1H3,(H2,42,46)(H,44,47)/t32-/m0/s1. The van der Waals surface area contributed by atoms with Crippen LogP contribution in [0.5, 0.6) is 11.5 Å². The van der Waals surface area contributed by atoms with Crippen molar-refractivity contribution in [3.05, 3.63) is 95.2 Å². The van der Waals surface area contributed by atoms with Crippen molar-refractivity contribution in [2.75, 3.05) is 13.2 Å². The summed E-state index contributed by atoms with van der Waals surface area (Å²) in [4.78, 5) is 32.7. The first-order valence-electron chi connectivity index (χ1n) is 15.1. The van der Waals surface area contributed by atoms with E-state index in [9.17, 15) is 45.4 Å². The molecule has 2 amide bonds. The predicted molar refractivity (Wildman–Crippen MR) is 164 cm³/mol. The molecule has 2 heterocycles. The number of hydrogen-bond donors (Lipinski definition) is 3. The highest BCUT2D eigenvalue weighted by Crippen LogP contribution is 2.42. The Morgan fingerprint density at radius 2 is 1.64 bits per heavy atom. The Morgan fingerprint density at radius 3 is 2.20 bits per heavy atom. The molecule has 1 aliphatic rings. The maximum atomic E-state index is 14.7. The smallest absolute Gasteiger partial charge is 0.433 e. The summed E-state index contributed by atoms with van der Waals surface area (Å²) >= 11 is 0. The van der Waals surface area contributed by atoms with Gasteiger partial charge in [-0.1, -0.05) is 6.07 Å². The van der Waals surface area contributed by atoms with Crippen LogP contribution in [-0.2, 0) is 23.0 Å². The van der Waals surface area contributed by atoms with Crippen molar-refractivity contribution < 1.29 is 54.9 Å². The molecule has 1 fully saturated rings. The number of rotatable bonds is 12. The van der Waals surface area contributed by atoms with E-state index in [1.54, 1.807) is 6.92 Å². The number of halogens is 7. The van der Waals surface area contributed by atoms with E-state index in [1.807, 2.05) is 0 Å². The monoisotopic (exact) mass is 706 g/mol. The zero-order valence-electron chi connectivity index (χ0n) is 26.2. The SMILES string of the molecule is CCOc1c(CC(N)=O)cc([C@@](O)(CNC(=O)c2ccc(-c3ccc(C(F)(F)F)nc3)c(OC3CC3)c2)C(F)(F)F)nc1-c1ccc(F)cc1. The number of nitrogens with two attached hydrogens (primary N) is 1. The van der Waals surface area contributed by atoms with Crippen LogP contribution >= 0.6 is 0 Å². The van der Waals surface area contributed by atoms with Gasteiger partial charge in [-0.05, 0) is 74.4 Å². The van der Waals surface area contributed by atoms with Crippen LogP contribution in [0, 0.1) is 5.82 Å². The van der Waals surface area contributed by atoms with E-state index in [-0.39, 0.29) is 57.7 Å². The molecule has 0 spiro atoms. The number of benzene rings is 2. The molecule has 1 saturated carbocycles. The number of nitrogens with zero attached hydrogens (tertiary/aromatic N) is 2. The first-order valence-corrected chi connectivity index (χ1v) is 15.1. The molecular weight excluding hydrogens is 677 g/mol. The van der Waals surface area contributed by atoms with Gasteiger partial charge < -0.3 is 25.6 Å². The van der Waals surface area contributed by atoms with Crippen molar-refractivity contribution >= 4 is 11.8 Å². The lowest BCUT2D eigenvalue weighted by Gasteiger charge is -2.31. The number of primary amides is 1. The van der Waals surface area contributed by atoms with Gasteiger partial charge in [-0.3, -0.25) is 14.6 Å². The lowest BCUT2D eigenvalue weighted by molar-refractivity contribution is -0.265. The Balaban J connectivity index is 1.50. The molecule has 16 heteroatoms. The lowest BCUT2D eigenvalue weighted by atomic mass is 9.93. The number of alkyl halides is 6. The molecule has 50 heavy (non-hydrogen) atoms. The molecule has 0 aliphatic heterocycles. The van der Waals surface area contributed by atoms with Gasteiger partial charge in [0.15, 0.2) is 0 Å². The fourth-order valence-corrected chi connectivity index (χ4v) is 4.96. The number of aliphatic hydroxyl groups is 1. The van der Waals surface area contributed by atoms with Crippen LogP contribution in [0.2, 0.25) is 0 Å². The van der Waals surface area contributed by atoms with Gasteiger partial charge in [-0.25, -0.2) is 9.37 Å². The van der Waals surface area contributed by atoms with Gasteiger partial charge in [-0.15, -0.1) is 0 Å². The van der Waals surface area contributed by atoms with Crippen LogP contribution in [0.25, 0.3) is 22.4 Å². The molecule has 2 aromatic carbocycles. The first kappa shape index (κ1) is 36.0. The Labute approximate surface area is 280 Å². The number of carbonyl (C=O) groups excluding carboxylic acids is 2. The Hall–Kier alpha value is -5.25. The number of amides is 2. The maximum Gasteiger partial charge on any atom is 0.433 e.